The van der Waals surface area contributed by atoms with Gasteiger partial charge in [0.25, 0.3) is 11.8 Å². The molecule has 1 saturated heterocycles. The second-order valence-electron chi connectivity index (χ2n) is 5.88. The van der Waals surface area contributed by atoms with E-state index in [9.17, 15) is 9.59 Å². The van der Waals surface area contributed by atoms with Crippen molar-refractivity contribution in [1.82, 2.24) is 5.43 Å². The van der Waals surface area contributed by atoms with E-state index in [-0.39, 0.29) is 11.8 Å². The first-order chi connectivity index (χ1) is 11.7. The van der Waals surface area contributed by atoms with Crippen molar-refractivity contribution in [2.45, 2.75) is 25.7 Å². The lowest BCUT2D eigenvalue weighted by Crippen LogP contribution is -2.35. The fraction of sp³-hybridized carbons (Fsp3) is 0.263. The van der Waals surface area contributed by atoms with Crippen LogP contribution in [0.3, 0.4) is 0 Å². The van der Waals surface area contributed by atoms with Gasteiger partial charge in [0.05, 0.1) is 5.69 Å². The smallest absolute Gasteiger partial charge is 0.258 e. The van der Waals surface area contributed by atoms with Crippen molar-refractivity contribution < 1.29 is 9.59 Å². The number of benzene rings is 2. The number of amides is 2. The highest BCUT2D eigenvalue weighted by molar-refractivity contribution is 6.31. The average Bonchev–Trinajstić information content (AvgIpc) is 2.88. The summed E-state index contributed by atoms with van der Waals surface area (Å²) in [5.74, 6) is -0.998. The molecule has 1 unspecified atom stereocenters. The van der Waals surface area contributed by atoms with E-state index in [0.29, 0.717) is 12.1 Å². The maximum absolute atomic E-state index is 12.5. The Morgan fingerprint density at radius 2 is 1.67 bits per heavy atom. The summed E-state index contributed by atoms with van der Waals surface area (Å²) in [6.45, 7) is 0. The van der Waals surface area contributed by atoms with E-state index in [4.69, 9.17) is 11.6 Å². The number of nitrogens with one attached hydrogen (secondary N) is 1. The summed E-state index contributed by atoms with van der Waals surface area (Å²) in [7, 11) is 0. The summed E-state index contributed by atoms with van der Waals surface area (Å²) in [5.41, 5.74) is 4.45. The first-order valence-corrected chi connectivity index (χ1v) is 8.47. The number of carbonyl (C=O) groups excluding carboxylic acids is 2. The van der Waals surface area contributed by atoms with E-state index in [1.54, 1.807) is 12.1 Å². The van der Waals surface area contributed by atoms with Gasteiger partial charge in [-0.05, 0) is 43.0 Å². The Hall–Kier alpha value is -2.33. The van der Waals surface area contributed by atoms with Crippen LogP contribution in [-0.2, 0) is 16.0 Å². The Labute approximate surface area is 146 Å². The highest BCUT2D eigenvalue weighted by Crippen LogP contribution is 2.24. The number of rotatable bonds is 6. The minimum absolute atomic E-state index is 0.177. The zero-order valence-electron chi connectivity index (χ0n) is 13.2. The number of nitrogens with zero attached hydrogens (tertiary/aromatic N) is 1. The molecule has 2 aromatic carbocycles. The maximum Gasteiger partial charge on any atom is 0.258 e. The van der Waals surface area contributed by atoms with Gasteiger partial charge in [-0.2, -0.15) is 0 Å². The van der Waals surface area contributed by atoms with E-state index in [1.807, 2.05) is 42.5 Å². The molecule has 2 amide bonds. The minimum atomic E-state index is -0.601. The van der Waals surface area contributed by atoms with E-state index in [2.05, 4.69) is 5.43 Å². The first kappa shape index (κ1) is 16.5. The summed E-state index contributed by atoms with van der Waals surface area (Å²) in [6, 6.07) is 16.9. The fourth-order valence-electron chi connectivity index (χ4n) is 2.90. The van der Waals surface area contributed by atoms with Gasteiger partial charge in [-0.3, -0.25) is 15.0 Å². The van der Waals surface area contributed by atoms with Crippen molar-refractivity contribution >= 4 is 29.1 Å². The van der Waals surface area contributed by atoms with E-state index in [0.717, 1.165) is 29.8 Å². The van der Waals surface area contributed by atoms with Gasteiger partial charge in [0, 0.05) is 5.02 Å². The summed E-state index contributed by atoms with van der Waals surface area (Å²) >= 11 is 6.14. The lowest BCUT2D eigenvalue weighted by molar-refractivity contribution is -0.127. The van der Waals surface area contributed by atoms with Gasteiger partial charge in [-0.25, -0.2) is 5.01 Å². The van der Waals surface area contributed by atoms with Gasteiger partial charge in [-0.1, -0.05) is 54.4 Å². The van der Waals surface area contributed by atoms with E-state index in [1.165, 1.54) is 5.01 Å². The molecule has 0 spiro atoms. The Bertz CT molecular complexity index is 733. The van der Waals surface area contributed by atoms with Crippen LogP contribution in [0.15, 0.2) is 54.6 Å². The Morgan fingerprint density at radius 1 is 0.958 bits per heavy atom. The highest BCUT2D eigenvalue weighted by atomic mass is 35.5. The fourth-order valence-corrected chi connectivity index (χ4v) is 3.13. The van der Waals surface area contributed by atoms with Crippen LogP contribution < -0.4 is 10.4 Å². The molecule has 4 nitrogen and oxygen atoms in total. The highest BCUT2D eigenvalue weighted by Gasteiger charge is 2.39. The SMILES string of the molecule is O=C1NN(c2ccccc2)C(=O)C1CCCCc1ccccc1Cl. The van der Waals surface area contributed by atoms with Crippen LogP contribution >= 0.6 is 11.6 Å². The molecule has 1 heterocycles. The second-order valence-corrected chi connectivity index (χ2v) is 6.28. The van der Waals surface area contributed by atoms with Crippen LogP contribution in [0.1, 0.15) is 24.8 Å². The molecule has 1 fully saturated rings. The summed E-state index contributed by atoms with van der Waals surface area (Å²) < 4.78 is 0. The molecule has 24 heavy (non-hydrogen) atoms. The summed E-state index contributed by atoms with van der Waals surface area (Å²) in [5, 5.41) is 2.11. The molecule has 124 valence electrons. The van der Waals surface area contributed by atoms with Crippen molar-refractivity contribution in [2.75, 3.05) is 5.01 Å². The van der Waals surface area contributed by atoms with E-state index >= 15 is 0 Å². The van der Waals surface area contributed by atoms with Crippen LogP contribution in [-0.4, -0.2) is 11.8 Å². The Morgan fingerprint density at radius 3 is 2.42 bits per heavy atom. The number of carbonyl (C=O) groups is 2. The van der Waals surface area contributed by atoms with Gasteiger partial charge in [0.1, 0.15) is 5.92 Å². The average molecular weight is 343 g/mol. The van der Waals surface area contributed by atoms with Gasteiger partial charge < -0.3 is 0 Å². The quantitative estimate of drug-likeness (QED) is 0.642. The molecule has 3 rings (SSSR count). The van der Waals surface area contributed by atoms with Crippen LogP contribution in [0.2, 0.25) is 5.02 Å². The monoisotopic (exact) mass is 342 g/mol. The number of hydrogen-bond donors (Lipinski definition) is 1. The van der Waals surface area contributed by atoms with Crippen molar-refractivity contribution in [3.63, 3.8) is 0 Å². The van der Waals surface area contributed by atoms with Gasteiger partial charge in [0.15, 0.2) is 0 Å². The lowest BCUT2D eigenvalue weighted by Gasteiger charge is -2.15. The molecule has 1 atom stereocenters. The molecular weight excluding hydrogens is 324 g/mol. The molecule has 1 aliphatic rings. The van der Waals surface area contributed by atoms with Gasteiger partial charge >= 0.3 is 0 Å². The minimum Gasteiger partial charge on any atom is -0.272 e. The lowest BCUT2D eigenvalue weighted by atomic mass is 9.99. The van der Waals surface area contributed by atoms with Crippen molar-refractivity contribution in [3.05, 3.63) is 65.2 Å². The molecular formula is C19H19ClN2O2. The standard InChI is InChI=1S/C19H19ClN2O2/c20-17-13-7-5-9-14(17)8-4-6-12-16-18(23)21-22(19(16)24)15-10-2-1-3-11-15/h1-3,5,7,9-11,13,16H,4,6,8,12H2,(H,21,23). The predicted octanol–water partition coefficient (Wildman–Crippen LogP) is 3.75. The topological polar surface area (TPSA) is 49.4 Å². The molecule has 2 aromatic rings. The van der Waals surface area contributed by atoms with Crippen LogP contribution in [0.25, 0.3) is 0 Å². The molecule has 0 aromatic heterocycles. The number of para-hydroxylation sites is 1. The number of halogens is 1. The summed E-state index contributed by atoms with van der Waals surface area (Å²) in [4.78, 5) is 24.5. The Balaban J connectivity index is 1.53. The van der Waals surface area contributed by atoms with Crippen LogP contribution in [0.5, 0.6) is 0 Å². The van der Waals surface area contributed by atoms with Crippen molar-refractivity contribution in [3.8, 4) is 0 Å². The number of anilines is 1. The molecule has 5 heteroatoms. The third-order valence-electron chi connectivity index (χ3n) is 4.22. The Kier molecular flexibility index (Phi) is 5.16. The van der Waals surface area contributed by atoms with Crippen molar-refractivity contribution in [2.24, 2.45) is 5.92 Å². The number of unbranched alkanes of at least 4 members (excludes halogenated alkanes) is 1. The zero-order chi connectivity index (χ0) is 16.9. The number of hydrazine groups is 1. The number of aryl methyl sites for hydroxylation is 1. The maximum atomic E-state index is 12.5. The molecule has 0 saturated carbocycles. The largest absolute Gasteiger partial charge is 0.272 e. The second kappa shape index (κ2) is 7.49. The predicted molar refractivity (Wildman–Crippen MR) is 94.6 cm³/mol. The molecule has 0 aliphatic carbocycles. The zero-order valence-corrected chi connectivity index (χ0v) is 14.0. The molecule has 0 radical (unpaired) electrons. The van der Waals surface area contributed by atoms with E-state index < -0.39 is 5.92 Å². The number of hydrogen-bond acceptors (Lipinski definition) is 2. The van der Waals surface area contributed by atoms with Crippen molar-refractivity contribution in [1.29, 1.82) is 0 Å². The van der Waals surface area contributed by atoms with Gasteiger partial charge in [-0.15, -0.1) is 0 Å². The van der Waals surface area contributed by atoms with Crippen LogP contribution in [0, 0.1) is 5.92 Å². The molecule has 1 aliphatic heterocycles. The van der Waals surface area contributed by atoms with Crippen LogP contribution in [0.4, 0.5) is 5.69 Å². The van der Waals surface area contributed by atoms with Gasteiger partial charge in [0.2, 0.25) is 0 Å². The first-order valence-electron chi connectivity index (χ1n) is 8.10. The third kappa shape index (κ3) is 3.60. The summed E-state index contributed by atoms with van der Waals surface area (Å²) in [6.07, 6.45) is 3.10. The third-order valence-corrected chi connectivity index (χ3v) is 4.59. The normalized spacial score (nSPS) is 17.2. The molecule has 1 N–H and O–H groups in total. The molecule has 0 bridgehead atoms.